The Labute approximate surface area is 136 Å². The van der Waals surface area contributed by atoms with Crippen molar-refractivity contribution < 1.29 is 24.2 Å². The van der Waals surface area contributed by atoms with E-state index in [-0.39, 0.29) is 12.5 Å². The van der Waals surface area contributed by atoms with Gasteiger partial charge in [-0.15, -0.1) is 0 Å². The third kappa shape index (κ3) is 4.01. The van der Waals surface area contributed by atoms with Gasteiger partial charge < -0.3 is 19.5 Å². The SMILES string of the molecule is COC1(C(=O)N(C)c2ccc(OCC(=O)O)cc2)CCCCC1. The molecular formula is C17H23NO5. The second-order valence-electron chi connectivity index (χ2n) is 5.80. The van der Waals surface area contributed by atoms with Gasteiger partial charge in [-0.1, -0.05) is 19.3 Å². The molecular weight excluding hydrogens is 298 g/mol. The summed E-state index contributed by atoms with van der Waals surface area (Å²) >= 11 is 0. The van der Waals surface area contributed by atoms with Crippen LogP contribution < -0.4 is 9.64 Å². The van der Waals surface area contributed by atoms with E-state index in [4.69, 9.17) is 14.6 Å². The number of carbonyl (C=O) groups excluding carboxylic acids is 1. The van der Waals surface area contributed by atoms with Crippen LogP contribution >= 0.6 is 0 Å². The predicted octanol–water partition coefficient (Wildman–Crippen LogP) is 2.46. The van der Waals surface area contributed by atoms with Crippen LogP contribution in [-0.2, 0) is 14.3 Å². The molecule has 2 rings (SSSR count). The molecule has 0 radical (unpaired) electrons. The fourth-order valence-electron chi connectivity index (χ4n) is 2.96. The first-order chi connectivity index (χ1) is 11.0. The van der Waals surface area contributed by atoms with Crippen molar-refractivity contribution >= 4 is 17.6 Å². The summed E-state index contributed by atoms with van der Waals surface area (Å²) in [6.45, 7) is -0.388. The van der Waals surface area contributed by atoms with Crippen molar-refractivity contribution in [1.82, 2.24) is 0 Å². The summed E-state index contributed by atoms with van der Waals surface area (Å²) in [6, 6.07) is 6.79. The second-order valence-corrected chi connectivity index (χ2v) is 5.80. The third-order valence-corrected chi connectivity index (χ3v) is 4.33. The van der Waals surface area contributed by atoms with Gasteiger partial charge in [-0.05, 0) is 37.1 Å². The summed E-state index contributed by atoms with van der Waals surface area (Å²) in [5.74, 6) is -0.615. The van der Waals surface area contributed by atoms with Crippen LogP contribution in [0.15, 0.2) is 24.3 Å². The number of anilines is 1. The molecule has 0 unspecified atom stereocenters. The summed E-state index contributed by atoms with van der Waals surface area (Å²) in [7, 11) is 3.32. The number of amides is 1. The molecule has 1 aliphatic carbocycles. The smallest absolute Gasteiger partial charge is 0.341 e. The molecule has 6 heteroatoms. The number of ether oxygens (including phenoxy) is 2. The topological polar surface area (TPSA) is 76.1 Å². The summed E-state index contributed by atoms with van der Waals surface area (Å²) in [6.07, 6.45) is 4.61. The largest absolute Gasteiger partial charge is 0.482 e. The van der Waals surface area contributed by atoms with E-state index in [2.05, 4.69) is 0 Å². The van der Waals surface area contributed by atoms with Crippen LogP contribution in [0, 0.1) is 0 Å². The number of carbonyl (C=O) groups is 2. The molecule has 1 aromatic carbocycles. The Hall–Kier alpha value is -2.08. The van der Waals surface area contributed by atoms with E-state index in [0.717, 1.165) is 37.8 Å². The van der Waals surface area contributed by atoms with E-state index < -0.39 is 11.6 Å². The van der Waals surface area contributed by atoms with Crippen molar-refractivity contribution in [2.24, 2.45) is 0 Å². The summed E-state index contributed by atoms with van der Waals surface area (Å²) < 4.78 is 10.7. The van der Waals surface area contributed by atoms with E-state index in [1.54, 1.807) is 43.3 Å². The van der Waals surface area contributed by atoms with Gasteiger partial charge in [-0.25, -0.2) is 4.79 Å². The number of rotatable bonds is 6. The highest BCUT2D eigenvalue weighted by Gasteiger charge is 2.41. The molecule has 0 heterocycles. The third-order valence-electron chi connectivity index (χ3n) is 4.33. The van der Waals surface area contributed by atoms with Crippen LogP contribution in [0.3, 0.4) is 0 Å². The number of benzene rings is 1. The molecule has 23 heavy (non-hydrogen) atoms. The Morgan fingerprint density at radius 1 is 1.17 bits per heavy atom. The van der Waals surface area contributed by atoms with Gasteiger partial charge in [-0.2, -0.15) is 0 Å². The highest BCUT2D eigenvalue weighted by molar-refractivity contribution is 5.99. The average molecular weight is 321 g/mol. The molecule has 1 aromatic rings. The molecule has 1 N–H and O–H groups in total. The predicted molar refractivity (Wildman–Crippen MR) is 85.8 cm³/mol. The van der Waals surface area contributed by atoms with Gasteiger partial charge in [0.2, 0.25) is 0 Å². The molecule has 1 amide bonds. The number of hydrogen-bond acceptors (Lipinski definition) is 4. The Bertz CT molecular complexity index is 549. The van der Waals surface area contributed by atoms with E-state index in [1.807, 2.05) is 0 Å². The minimum atomic E-state index is -1.03. The number of aliphatic carboxylic acids is 1. The summed E-state index contributed by atoms with van der Waals surface area (Å²) in [4.78, 5) is 24.9. The number of likely N-dealkylation sites (N-methyl/N-ethyl adjacent to an activating group) is 1. The summed E-state index contributed by atoms with van der Waals surface area (Å²) in [5, 5.41) is 8.60. The van der Waals surface area contributed by atoms with E-state index in [1.165, 1.54) is 0 Å². The molecule has 6 nitrogen and oxygen atoms in total. The minimum Gasteiger partial charge on any atom is -0.482 e. The lowest BCUT2D eigenvalue weighted by atomic mass is 9.83. The number of hydrogen-bond donors (Lipinski definition) is 1. The molecule has 0 spiro atoms. The average Bonchev–Trinajstić information content (AvgIpc) is 2.59. The first-order valence-corrected chi connectivity index (χ1v) is 7.76. The Morgan fingerprint density at radius 2 is 1.78 bits per heavy atom. The zero-order chi connectivity index (χ0) is 16.9. The van der Waals surface area contributed by atoms with Gasteiger partial charge in [0.1, 0.15) is 11.4 Å². The van der Waals surface area contributed by atoms with Crippen LogP contribution in [0.4, 0.5) is 5.69 Å². The van der Waals surface area contributed by atoms with E-state index >= 15 is 0 Å². The second kappa shape index (κ2) is 7.46. The molecule has 126 valence electrons. The lowest BCUT2D eigenvalue weighted by Crippen LogP contribution is -2.50. The summed E-state index contributed by atoms with van der Waals surface area (Å²) in [5.41, 5.74) is -0.00876. The normalized spacial score (nSPS) is 16.6. The van der Waals surface area contributed by atoms with Crippen LogP contribution in [0.25, 0.3) is 0 Å². The van der Waals surface area contributed by atoms with Crippen molar-refractivity contribution in [3.05, 3.63) is 24.3 Å². The molecule has 0 atom stereocenters. The lowest BCUT2D eigenvalue weighted by molar-refractivity contribution is -0.144. The first kappa shape index (κ1) is 17.3. The fourth-order valence-corrected chi connectivity index (χ4v) is 2.96. The van der Waals surface area contributed by atoms with Crippen LogP contribution in [0.5, 0.6) is 5.75 Å². The van der Waals surface area contributed by atoms with Gasteiger partial charge in [0.05, 0.1) is 0 Å². The monoisotopic (exact) mass is 321 g/mol. The number of nitrogens with zero attached hydrogens (tertiary/aromatic N) is 1. The number of carboxylic acids is 1. The highest BCUT2D eigenvalue weighted by atomic mass is 16.5. The van der Waals surface area contributed by atoms with Crippen molar-refractivity contribution in [1.29, 1.82) is 0 Å². The molecule has 1 aliphatic rings. The zero-order valence-electron chi connectivity index (χ0n) is 13.6. The Balaban J connectivity index is 2.08. The molecule has 0 saturated heterocycles. The van der Waals surface area contributed by atoms with Crippen molar-refractivity contribution in [2.75, 3.05) is 25.7 Å². The van der Waals surface area contributed by atoms with Gasteiger partial charge in [0.25, 0.3) is 5.91 Å². The molecule has 0 aromatic heterocycles. The maximum Gasteiger partial charge on any atom is 0.341 e. The van der Waals surface area contributed by atoms with Crippen LogP contribution in [0.2, 0.25) is 0 Å². The van der Waals surface area contributed by atoms with E-state index in [9.17, 15) is 9.59 Å². The zero-order valence-corrected chi connectivity index (χ0v) is 13.6. The maximum absolute atomic E-state index is 12.8. The molecule has 1 saturated carbocycles. The molecule has 0 bridgehead atoms. The highest BCUT2D eigenvalue weighted by Crippen LogP contribution is 2.34. The quantitative estimate of drug-likeness (QED) is 0.871. The van der Waals surface area contributed by atoms with E-state index in [0.29, 0.717) is 5.75 Å². The van der Waals surface area contributed by atoms with Gasteiger partial charge in [-0.3, -0.25) is 4.79 Å². The Morgan fingerprint density at radius 3 is 2.30 bits per heavy atom. The van der Waals surface area contributed by atoms with Crippen molar-refractivity contribution in [3.8, 4) is 5.75 Å². The minimum absolute atomic E-state index is 0.0427. The maximum atomic E-state index is 12.8. The van der Waals surface area contributed by atoms with Gasteiger partial charge >= 0.3 is 5.97 Å². The Kier molecular flexibility index (Phi) is 5.60. The van der Waals surface area contributed by atoms with Gasteiger partial charge in [0.15, 0.2) is 6.61 Å². The van der Waals surface area contributed by atoms with Crippen LogP contribution in [0.1, 0.15) is 32.1 Å². The first-order valence-electron chi connectivity index (χ1n) is 7.76. The van der Waals surface area contributed by atoms with Crippen molar-refractivity contribution in [2.45, 2.75) is 37.7 Å². The number of carboxylic acid groups (broad SMARTS) is 1. The molecule has 0 aliphatic heterocycles. The lowest BCUT2D eigenvalue weighted by Gasteiger charge is -2.37. The van der Waals surface area contributed by atoms with Crippen molar-refractivity contribution in [3.63, 3.8) is 0 Å². The standard InChI is InChI=1S/C17H23NO5/c1-18(16(21)17(22-2)10-4-3-5-11-17)13-6-8-14(9-7-13)23-12-15(19)20/h6-9H,3-5,10-12H2,1-2H3,(H,19,20). The molecule has 1 fully saturated rings. The van der Waals surface area contributed by atoms with Gasteiger partial charge in [0, 0.05) is 19.8 Å². The number of methoxy groups -OCH3 is 1. The van der Waals surface area contributed by atoms with Crippen LogP contribution in [-0.4, -0.2) is 43.3 Å². The fraction of sp³-hybridized carbons (Fsp3) is 0.529.